The molecule has 2 N–H and O–H groups in total. The topological polar surface area (TPSA) is 67.4 Å². The van der Waals surface area contributed by atoms with Crippen LogP contribution in [0.1, 0.15) is 46.2 Å². The van der Waals surface area contributed by atoms with Crippen molar-refractivity contribution in [1.82, 2.24) is 10.6 Å². The summed E-state index contributed by atoms with van der Waals surface area (Å²) in [4.78, 5) is 24.2. The van der Waals surface area contributed by atoms with E-state index < -0.39 is 11.5 Å². The largest absolute Gasteiger partial charge is 0.496 e. The van der Waals surface area contributed by atoms with E-state index in [0.29, 0.717) is 0 Å². The Labute approximate surface area is 146 Å². The third kappa shape index (κ3) is 5.53. The first-order valence-corrected chi connectivity index (χ1v) is 8.30. The summed E-state index contributed by atoms with van der Waals surface area (Å²) in [7, 11) is 1.60. The number of carbonyl (C=O) groups is 2. The molecule has 0 fully saturated rings. The van der Waals surface area contributed by atoms with Crippen LogP contribution >= 0.6 is 15.9 Å². The molecule has 2 amide bonds. The van der Waals surface area contributed by atoms with Crippen molar-refractivity contribution in [2.45, 2.75) is 46.7 Å². The van der Waals surface area contributed by atoms with Crippen LogP contribution in [0.25, 0.3) is 0 Å². The number of halogens is 1. The lowest BCUT2D eigenvalue weighted by Gasteiger charge is -2.23. The van der Waals surface area contributed by atoms with E-state index in [1.807, 2.05) is 45.9 Å². The van der Waals surface area contributed by atoms with Crippen LogP contribution in [0.3, 0.4) is 0 Å². The highest BCUT2D eigenvalue weighted by molar-refractivity contribution is 9.10. The molecule has 1 aromatic carbocycles. The first-order valence-electron chi connectivity index (χ1n) is 7.51. The summed E-state index contributed by atoms with van der Waals surface area (Å²) in [6.07, 6.45) is 0. The molecule has 5 nitrogen and oxygen atoms in total. The zero-order valence-electron chi connectivity index (χ0n) is 14.5. The number of hydrogen-bond donors (Lipinski definition) is 2. The van der Waals surface area contributed by atoms with Crippen LogP contribution in [0.2, 0.25) is 0 Å². The second kappa shape index (κ2) is 7.81. The molecule has 0 radical (unpaired) electrons. The molecule has 2 unspecified atom stereocenters. The summed E-state index contributed by atoms with van der Waals surface area (Å²) < 4.78 is 6.02. The van der Waals surface area contributed by atoms with E-state index in [0.717, 1.165) is 15.8 Å². The quantitative estimate of drug-likeness (QED) is 0.818. The van der Waals surface area contributed by atoms with Gasteiger partial charge in [0.25, 0.3) is 0 Å². The molecule has 0 aliphatic rings. The van der Waals surface area contributed by atoms with Gasteiger partial charge >= 0.3 is 0 Å². The second-order valence-electron chi connectivity index (χ2n) is 6.57. The highest BCUT2D eigenvalue weighted by Gasteiger charge is 2.25. The lowest BCUT2D eigenvalue weighted by Crippen LogP contribution is -2.48. The number of carbonyl (C=O) groups excluding carboxylic acids is 2. The number of rotatable bonds is 5. The lowest BCUT2D eigenvalue weighted by molar-refractivity contribution is -0.133. The van der Waals surface area contributed by atoms with Crippen LogP contribution in [0.15, 0.2) is 22.7 Å². The number of methoxy groups -OCH3 is 1. The van der Waals surface area contributed by atoms with Gasteiger partial charge in [-0.1, -0.05) is 26.8 Å². The van der Waals surface area contributed by atoms with Gasteiger partial charge in [0.05, 0.1) is 17.6 Å². The van der Waals surface area contributed by atoms with E-state index >= 15 is 0 Å². The summed E-state index contributed by atoms with van der Waals surface area (Å²) in [5.74, 6) is 0.361. The van der Waals surface area contributed by atoms with Crippen molar-refractivity contribution in [1.29, 1.82) is 0 Å². The van der Waals surface area contributed by atoms with Crippen molar-refractivity contribution in [3.8, 4) is 5.75 Å². The fourth-order valence-corrected chi connectivity index (χ4v) is 2.41. The fourth-order valence-electron chi connectivity index (χ4n) is 1.85. The SMILES string of the molecule is COc1ccc(C(C)NC(=O)C(C)NC(=O)C(C)(C)C)cc1Br. The highest BCUT2D eigenvalue weighted by Crippen LogP contribution is 2.28. The summed E-state index contributed by atoms with van der Waals surface area (Å²) in [6, 6.07) is 4.87. The molecule has 0 saturated heterocycles. The molecular formula is C17H25BrN2O3. The zero-order valence-corrected chi connectivity index (χ0v) is 16.1. The Morgan fingerprint density at radius 3 is 2.26 bits per heavy atom. The van der Waals surface area contributed by atoms with E-state index in [1.54, 1.807) is 14.0 Å². The smallest absolute Gasteiger partial charge is 0.242 e. The average molecular weight is 385 g/mol. The second-order valence-corrected chi connectivity index (χ2v) is 7.42. The van der Waals surface area contributed by atoms with Gasteiger partial charge in [0, 0.05) is 5.41 Å². The van der Waals surface area contributed by atoms with Crippen molar-refractivity contribution in [3.05, 3.63) is 28.2 Å². The average Bonchev–Trinajstić information content (AvgIpc) is 2.45. The monoisotopic (exact) mass is 384 g/mol. The lowest BCUT2D eigenvalue weighted by atomic mass is 9.95. The maximum Gasteiger partial charge on any atom is 0.242 e. The number of benzene rings is 1. The van der Waals surface area contributed by atoms with Crippen LogP contribution < -0.4 is 15.4 Å². The minimum absolute atomic E-state index is 0.153. The minimum atomic E-state index is -0.592. The Morgan fingerprint density at radius 2 is 1.78 bits per heavy atom. The van der Waals surface area contributed by atoms with Crippen LogP contribution in [0, 0.1) is 5.41 Å². The van der Waals surface area contributed by atoms with E-state index in [-0.39, 0.29) is 17.9 Å². The molecule has 128 valence electrons. The Kier molecular flexibility index (Phi) is 6.62. The van der Waals surface area contributed by atoms with Crippen LogP contribution in [-0.2, 0) is 9.59 Å². The van der Waals surface area contributed by atoms with Crippen molar-refractivity contribution < 1.29 is 14.3 Å². The molecule has 0 aliphatic carbocycles. The molecule has 2 atom stereocenters. The third-order valence-corrected chi connectivity index (χ3v) is 4.08. The predicted octanol–water partition coefficient (Wildman–Crippen LogP) is 3.19. The Balaban J connectivity index is 2.69. The van der Waals surface area contributed by atoms with Gasteiger partial charge in [0.1, 0.15) is 11.8 Å². The summed E-state index contributed by atoms with van der Waals surface area (Å²) in [5.41, 5.74) is 0.418. The van der Waals surface area contributed by atoms with E-state index in [2.05, 4.69) is 26.6 Å². The van der Waals surface area contributed by atoms with Gasteiger partial charge in [-0.25, -0.2) is 0 Å². The first kappa shape index (κ1) is 19.5. The van der Waals surface area contributed by atoms with Gasteiger partial charge in [0.2, 0.25) is 11.8 Å². The van der Waals surface area contributed by atoms with E-state index in [1.165, 1.54) is 0 Å². The Hall–Kier alpha value is -1.56. The molecule has 6 heteroatoms. The summed E-state index contributed by atoms with van der Waals surface area (Å²) >= 11 is 3.43. The number of nitrogens with one attached hydrogen (secondary N) is 2. The van der Waals surface area contributed by atoms with Gasteiger partial charge in [-0.3, -0.25) is 9.59 Å². The number of amides is 2. The first-order chi connectivity index (χ1) is 10.6. The van der Waals surface area contributed by atoms with Crippen molar-refractivity contribution in [2.24, 2.45) is 5.41 Å². The van der Waals surface area contributed by atoms with Crippen LogP contribution in [-0.4, -0.2) is 25.0 Å². The molecule has 0 spiro atoms. The molecule has 0 aromatic heterocycles. The van der Waals surface area contributed by atoms with Crippen LogP contribution in [0.5, 0.6) is 5.75 Å². The highest BCUT2D eigenvalue weighted by atomic mass is 79.9. The number of hydrogen-bond acceptors (Lipinski definition) is 3. The molecule has 1 rings (SSSR count). The van der Waals surface area contributed by atoms with Gasteiger partial charge in [-0.15, -0.1) is 0 Å². The molecular weight excluding hydrogens is 360 g/mol. The van der Waals surface area contributed by atoms with Gasteiger partial charge in [0.15, 0.2) is 0 Å². The van der Waals surface area contributed by atoms with Gasteiger partial charge in [-0.05, 0) is 47.5 Å². The van der Waals surface area contributed by atoms with Gasteiger partial charge < -0.3 is 15.4 Å². The predicted molar refractivity (Wildman–Crippen MR) is 94.3 cm³/mol. The molecule has 0 heterocycles. The molecule has 0 aliphatic heterocycles. The summed E-state index contributed by atoms with van der Waals surface area (Å²) in [5, 5.41) is 5.63. The normalized spacial score (nSPS) is 13.9. The molecule has 1 aromatic rings. The standard InChI is InChI=1S/C17H25BrN2O3/c1-10(12-7-8-14(23-6)13(18)9-12)19-15(21)11(2)20-16(22)17(3,4)5/h7-11H,1-6H3,(H,19,21)(H,20,22). The Bertz CT molecular complexity index is 582. The Morgan fingerprint density at radius 1 is 1.17 bits per heavy atom. The molecule has 0 bridgehead atoms. The third-order valence-electron chi connectivity index (χ3n) is 3.46. The summed E-state index contributed by atoms with van der Waals surface area (Å²) in [6.45, 7) is 9.00. The minimum Gasteiger partial charge on any atom is -0.496 e. The fraction of sp³-hybridized carbons (Fsp3) is 0.529. The maximum atomic E-state index is 12.2. The van der Waals surface area contributed by atoms with Crippen molar-refractivity contribution in [2.75, 3.05) is 7.11 Å². The van der Waals surface area contributed by atoms with Gasteiger partial charge in [-0.2, -0.15) is 0 Å². The number of ether oxygens (including phenoxy) is 1. The van der Waals surface area contributed by atoms with E-state index in [9.17, 15) is 9.59 Å². The maximum absolute atomic E-state index is 12.2. The van der Waals surface area contributed by atoms with Crippen molar-refractivity contribution in [3.63, 3.8) is 0 Å². The van der Waals surface area contributed by atoms with E-state index in [4.69, 9.17) is 4.74 Å². The molecule has 23 heavy (non-hydrogen) atoms. The zero-order chi connectivity index (χ0) is 17.8. The molecule has 0 saturated carbocycles. The van der Waals surface area contributed by atoms with Crippen molar-refractivity contribution >= 4 is 27.7 Å². The van der Waals surface area contributed by atoms with Crippen LogP contribution in [0.4, 0.5) is 0 Å².